The molecule has 0 saturated heterocycles. The number of hydrogen-bond donors (Lipinski definition) is 1. The lowest BCUT2D eigenvalue weighted by atomic mass is 10.1. The predicted molar refractivity (Wildman–Crippen MR) is 139 cm³/mol. The van der Waals surface area contributed by atoms with E-state index in [9.17, 15) is 18.0 Å². The third kappa shape index (κ3) is 7.99. The van der Waals surface area contributed by atoms with E-state index in [0.717, 1.165) is 34.5 Å². The van der Waals surface area contributed by atoms with E-state index in [1.165, 1.54) is 4.90 Å². The topological polar surface area (TPSA) is 96.0 Å². The molecular weight excluding hydrogens is 466 g/mol. The standard InChI is InChI=1S/C26H37N3O5S/c1-6-8-16-27-26(31)20(3)28(18-21-12-11-14-23(17-21)34-4)25(30)19-29(35(5,32)33)24-15-10-9-13-22(24)7-2/h9-15,17,20H,6-8,16,18-19H2,1-5H3,(H,27,31). The molecule has 1 N–H and O–H groups in total. The van der Waals surface area contributed by atoms with Gasteiger partial charge < -0.3 is 15.0 Å². The normalized spacial score (nSPS) is 12.0. The van der Waals surface area contributed by atoms with E-state index in [-0.39, 0.29) is 12.5 Å². The maximum Gasteiger partial charge on any atom is 0.244 e. The number of methoxy groups -OCH3 is 1. The molecule has 2 aromatic carbocycles. The Bertz CT molecular complexity index is 1100. The van der Waals surface area contributed by atoms with Crippen LogP contribution in [0.15, 0.2) is 48.5 Å². The zero-order valence-electron chi connectivity index (χ0n) is 21.3. The van der Waals surface area contributed by atoms with Crippen LogP contribution in [0.2, 0.25) is 0 Å². The molecule has 2 aromatic rings. The maximum absolute atomic E-state index is 13.6. The fourth-order valence-corrected chi connectivity index (χ4v) is 4.61. The van der Waals surface area contributed by atoms with Gasteiger partial charge in [0.2, 0.25) is 21.8 Å². The van der Waals surface area contributed by atoms with Gasteiger partial charge in [0, 0.05) is 13.1 Å². The van der Waals surface area contributed by atoms with Crippen LogP contribution in [-0.4, -0.2) is 57.6 Å². The van der Waals surface area contributed by atoms with Crippen LogP contribution in [0.25, 0.3) is 0 Å². The number of amides is 2. The first-order valence-electron chi connectivity index (χ1n) is 11.9. The number of benzene rings is 2. The second-order valence-corrected chi connectivity index (χ2v) is 10.4. The summed E-state index contributed by atoms with van der Waals surface area (Å²) in [7, 11) is -2.20. The minimum Gasteiger partial charge on any atom is -0.497 e. The van der Waals surface area contributed by atoms with Crippen molar-refractivity contribution in [2.24, 2.45) is 0 Å². The largest absolute Gasteiger partial charge is 0.497 e. The maximum atomic E-state index is 13.6. The number of carbonyl (C=O) groups is 2. The van der Waals surface area contributed by atoms with Gasteiger partial charge >= 0.3 is 0 Å². The van der Waals surface area contributed by atoms with Crippen LogP contribution in [-0.2, 0) is 32.6 Å². The minimum atomic E-state index is -3.76. The van der Waals surface area contributed by atoms with Crippen molar-refractivity contribution in [3.8, 4) is 5.75 Å². The fraction of sp³-hybridized carbons (Fsp3) is 0.462. The Morgan fingerprint density at radius 1 is 1.09 bits per heavy atom. The number of anilines is 1. The third-order valence-corrected chi connectivity index (χ3v) is 6.93. The van der Waals surface area contributed by atoms with Gasteiger partial charge in [-0.05, 0) is 49.1 Å². The second-order valence-electron chi connectivity index (χ2n) is 8.45. The molecule has 192 valence electrons. The van der Waals surface area contributed by atoms with Crippen LogP contribution in [0, 0.1) is 0 Å². The lowest BCUT2D eigenvalue weighted by Gasteiger charge is -2.32. The van der Waals surface area contributed by atoms with Gasteiger partial charge in [0.05, 0.1) is 19.1 Å². The number of nitrogens with zero attached hydrogens (tertiary/aromatic N) is 2. The Kier molecular flexibility index (Phi) is 10.6. The smallest absolute Gasteiger partial charge is 0.244 e. The highest BCUT2D eigenvalue weighted by Gasteiger charge is 2.30. The third-order valence-electron chi connectivity index (χ3n) is 5.80. The van der Waals surface area contributed by atoms with Crippen LogP contribution in [0.5, 0.6) is 5.75 Å². The van der Waals surface area contributed by atoms with Crippen LogP contribution in [0.3, 0.4) is 0 Å². The molecule has 0 bridgehead atoms. The molecule has 35 heavy (non-hydrogen) atoms. The van der Waals surface area contributed by atoms with Crippen molar-refractivity contribution in [2.75, 3.05) is 30.8 Å². The van der Waals surface area contributed by atoms with Crippen molar-refractivity contribution in [1.29, 1.82) is 0 Å². The summed E-state index contributed by atoms with van der Waals surface area (Å²) in [6, 6.07) is 13.6. The predicted octanol–water partition coefficient (Wildman–Crippen LogP) is 3.36. The van der Waals surface area contributed by atoms with Crippen molar-refractivity contribution in [3.63, 3.8) is 0 Å². The average molecular weight is 504 g/mol. The van der Waals surface area contributed by atoms with Gasteiger partial charge in [0.1, 0.15) is 18.3 Å². The van der Waals surface area contributed by atoms with Gasteiger partial charge in [-0.2, -0.15) is 0 Å². The summed E-state index contributed by atoms with van der Waals surface area (Å²) in [5.41, 5.74) is 2.05. The molecule has 0 radical (unpaired) electrons. The first-order chi connectivity index (χ1) is 16.6. The number of para-hydroxylation sites is 1. The number of rotatable bonds is 13. The van der Waals surface area contributed by atoms with Crippen molar-refractivity contribution in [2.45, 2.75) is 52.6 Å². The number of carbonyl (C=O) groups excluding carboxylic acids is 2. The summed E-state index contributed by atoms with van der Waals surface area (Å²) in [6.45, 7) is 5.85. The van der Waals surface area contributed by atoms with Gasteiger partial charge in [0.15, 0.2) is 0 Å². The number of sulfonamides is 1. The highest BCUT2D eigenvalue weighted by Crippen LogP contribution is 2.24. The van der Waals surface area contributed by atoms with E-state index < -0.39 is 28.5 Å². The second kappa shape index (κ2) is 13.1. The fourth-order valence-electron chi connectivity index (χ4n) is 3.73. The molecule has 0 aromatic heterocycles. The molecule has 0 aliphatic heterocycles. The zero-order chi connectivity index (χ0) is 26.0. The van der Waals surface area contributed by atoms with Gasteiger partial charge in [-0.3, -0.25) is 13.9 Å². The van der Waals surface area contributed by atoms with Crippen LogP contribution in [0.4, 0.5) is 5.69 Å². The summed E-state index contributed by atoms with van der Waals surface area (Å²) in [5, 5.41) is 2.87. The monoisotopic (exact) mass is 503 g/mol. The molecule has 0 aliphatic carbocycles. The summed E-state index contributed by atoms with van der Waals surface area (Å²) < 4.78 is 31.9. The molecule has 1 atom stereocenters. The highest BCUT2D eigenvalue weighted by atomic mass is 32.2. The molecular formula is C26H37N3O5S. The first-order valence-corrected chi connectivity index (χ1v) is 13.7. The SMILES string of the molecule is CCCCNC(=O)C(C)N(Cc1cccc(OC)c1)C(=O)CN(c1ccccc1CC)S(C)(=O)=O. The number of hydrogen-bond acceptors (Lipinski definition) is 5. The molecule has 9 heteroatoms. The van der Waals surface area contributed by atoms with E-state index >= 15 is 0 Å². The van der Waals surface area contributed by atoms with Crippen molar-refractivity contribution < 1.29 is 22.7 Å². The Morgan fingerprint density at radius 3 is 2.43 bits per heavy atom. The number of aryl methyl sites for hydroxylation is 1. The van der Waals surface area contributed by atoms with Gasteiger partial charge in [-0.1, -0.05) is 50.6 Å². The van der Waals surface area contributed by atoms with Crippen LogP contribution < -0.4 is 14.4 Å². The first kappa shape index (κ1) is 28.2. The van der Waals surface area contributed by atoms with Crippen molar-refractivity contribution >= 4 is 27.5 Å². The van der Waals surface area contributed by atoms with Gasteiger partial charge in [-0.15, -0.1) is 0 Å². The summed E-state index contributed by atoms with van der Waals surface area (Å²) in [4.78, 5) is 27.9. The highest BCUT2D eigenvalue weighted by molar-refractivity contribution is 7.92. The van der Waals surface area contributed by atoms with E-state index in [2.05, 4.69) is 5.32 Å². The Balaban J connectivity index is 2.40. The lowest BCUT2D eigenvalue weighted by molar-refractivity contribution is -0.139. The van der Waals surface area contributed by atoms with Crippen molar-refractivity contribution in [1.82, 2.24) is 10.2 Å². The van der Waals surface area contributed by atoms with E-state index in [1.807, 2.05) is 38.1 Å². The summed E-state index contributed by atoms with van der Waals surface area (Å²) >= 11 is 0. The van der Waals surface area contributed by atoms with Crippen LogP contribution in [0.1, 0.15) is 44.7 Å². The minimum absolute atomic E-state index is 0.130. The summed E-state index contributed by atoms with van der Waals surface area (Å²) in [6.07, 6.45) is 3.46. The van der Waals surface area contributed by atoms with E-state index in [4.69, 9.17) is 4.74 Å². The van der Waals surface area contributed by atoms with Crippen LogP contribution >= 0.6 is 0 Å². The van der Waals surface area contributed by atoms with E-state index in [1.54, 1.807) is 38.3 Å². The zero-order valence-corrected chi connectivity index (χ0v) is 22.1. The molecule has 2 amide bonds. The average Bonchev–Trinajstić information content (AvgIpc) is 2.84. The molecule has 1 unspecified atom stereocenters. The molecule has 2 rings (SSSR count). The van der Waals surface area contributed by atoms with Gasteiger partial charge in [-0.25, -0.2) is 8.42 Å². The lowest BCUT2D eigenvalue weighted by Crippen LogP contribution is -2.51. The molecule has 0 aliphatic rings. The van der Waals surface area contributed by atoms with Crippen molar-refractivity contribution in [3.05, 3.63) is 59.7 Å². The Hall–Kier alpha value is -3.07. The molecule has 0 heterocycles. The number of nitrogens with one attached hydrogen (secondary N) is 1. The quantitative estimate of drug-likeness (QED) is 0.423. The van der Waals surface area contributed by atoms with E-state index in [0.29, 0.717) is 24.4 Å². The molecule has 0 spiro atoms. The Morgan fingerprint density at radius 2 is 1.80 bits per heavy atom. The number of ether oxygens (including phenoxy) is 1. The molecule has 0 saturated carbocycles. The molecule has 8 nitrogen and oxygen atoms in total. The van der Waals surface area contributed by atoms with Gasteiger partial charge in [0.25, 0.3) is 0 Å². The molecule has 0 fully saturated rings. The Labute approximate surface area is 209 Å². The summed E-state index contributed by atoms with van der Waals surface area (Å²) in [5.74, 6) is -0.124. The number of unbranched alkanes of at least 4 members (excludes halogenated alkanes) is 1.